The second-order valence-electron chi connectivity index (χ2n) is 12.1. The molecule has 10 nitrogen and oxygen atoms in total. The summed E-state index contributed by atoms with van der Waals surface area (Å²) in [4.78, 5) is 2.42. The summed E-state index contributed by atoms with van der Waals surface area (Å²) in [5.41, 5.74) is 3.99. The van der Waals surface area contributed by atoms with Crippen LogP contribution in [0.25, 0.3) is 55.3 Å². The van der Waals surface area contributed by atoms with Crippen molar-refractivity contribution < 1.29 is 34.9 Å². The predicted octanol–water partition coefficient (Wildman–Crippen LogP) is 7.91. The molecule has 0 radical (unpaired) electrons. The van der Waals surface area contributed by atoms with Crippen LogP contribution in [0.15, 0.2) is 129 Å². The van der Waals surface area contributed by atoms with Crippen molar-refractivity contribution in [2.24, 2.45) is 0 Å². The molecular formula is C37H30N3O7S3+. The molecule has 0 saturated heterocycles. The minimum absolute atomic E-state index is 0.180. The van der Waals surface area contributed by atoms with E-state index in [9.17, 15) is 25.9 Å². The number of anilines is 1. The summed E-state index contributed by atoms with van der Waals surface area (Å²) >= 11 is 1.37. The summed E-state index contributed by atoms with van der Waals surface area (Å²) in [6.45, 7) is 1.91. The lowest BCUT2D eigenvalue weighted by Gasteiger charge is -2.21. The van der Waals surface area contributed by atoms with E-state index < -0.39 is 32.0 Å². The van der Waals surface area contributed by atoms with Crippen LogP contribution >= 0.6 is 11.8 Å². The largest absolute Gasteiger partial charge is 0.398 e. The Morgan fingerprint density at radius 3 is 2.38 bits per heavy atom. The number of benzene rings is 5. The van der Waals surface area contributed by atoms with Crippen LogP contribution < -0.4 is 9.47 Å². The standard InChI is InChI=1S/C37H29N3O7S3/c1-2-24(20-36-40(23-50(44,45)46)37-30-13-11-25-7-3-5-9-28(25)29(30)14-16-34(37)48-36)19-35-39(22-49(41,42)43)32-21-27(12-15-33(32)47-35)38-18-17-26-8-4-6-10-31(26)38/h3-21H,2,22-23H2,1H3,(H-,41,42,43,44,45,46)/p+1. The lowest BCUT2D eigenvalue weighted by molar-refractivity contribution is -0.658. The Labute approximate surface area is 292 Å². The first-order valence-electron chi connectivity index (χ1n) is 15.7. The molecule has 0 bridgehead atoms. The Morgan fingerprint density at radius 2 is 1.60 bits per heavy atom. The molecule has 0 unspecified atom stereocenters. The van der Waals surface area contributed by atoms with Crippen LogP contribution in [0.5, 0.6) is 0 Å². The van der Waals surface area contributed by atoms with E-state index in [4.69, 9.17) is 4.42 Å². The van der Waals surface area contributed by atoms with E-state index in [1.165, 1.54) is 16.3 Å². The molecule has 0 atom stereocenters. The van der Waals surface area contributed by atoms with Crippen LogP contribution in [0.4, 0.5) is 5.69 Å². The van der Waals surface area contributed by atoms with Crippen LogP contribution in [0.2, 0.25) is 0 Å². The zero-order chi connectivity index (χ0) is 34.8. The van der Waals surface area contributed by atoms with Gasteiger partial charge in [0.25, 0.3) is 21.5 Å². The van der Waals surface area contributed by atoms with Gasteiger partial charge in [-0.1, -0.05) is 79.3 Å². The number of hydrogen-bond donors (Lipinski definition) is 2. The maximum Gasteiger partial charge on any atom is 0.375 e. The average molecular weight is 725 g/mol. The molecule has 50 heavy (non-hydrogen) atoms. The summed E-state index contributed by atoms with van der Waals surface area (Å²) < 4.78 is 78.9. The van der Waals surface area contributed by atoms with E-state index in [1.807, 2.05) is 115 Å². The second kappa shape index (κ2) is 12.1. The first-order chi connectivity index (χ1) is 24.0. The van der Waals surface area contributed by atoms with E-state index in [0.29, 0.717) is 33.8 Å². The third-order valence-corrected chi connectivity index (χ3v) is 11.1. The van der Waals surface area contributed by atoms with E-state index >= 15 is 0 Å². The van der Waals surface area contributed by atoms with E-state index in [0.717, 1.165) is 43.0 Å². The van der Waals surface area contributed by atoms with Crippen molar-refractivity contribution in [3.63, 3.8) is 0 Å². The molecule has 1 aliphatic heterocycles. The lowest BCUT2D eigenvalue weighted by Crippen LogP contribution is -2.39. The fourth-order valence-electron chi connectivity index (χ4n) is 6.60. The number of aromatic nitrogens is 2. The third-order valence-electron chi connectivity index (χ3n) is 8.81. The summed E-state index contributed by atoms with van der Waals surface area (Å²) in [6.07, 6.45) is 5.90. The van der Waals surface area contributed by atoms with Gasteiger partial charge in [-0.2, -0.15) is 16.8 Å². The Hall–Kier alpha value is -4.92. The Kier molecular flexibility index (Phi) is 7.84. The first-order valence-corrected chi connectivity index (χ1v) is 19.7. The normalized spacial score (nSPS) is 14.9. The number of para-hydroxylation sites is 1. The molecule has 0 aliphatic carbocycles. The molecule has 1 aliphatic rings. The summed E-state index contributed by atoms with van der Waals surface area (Å²) in [7, 11) is -8.93. The van der Waals surface area contributed by atoms with Crippen molar-refractivity contribution in [2.45, 2.75) is 24.1 Å². The van der Waals surface area contributed by atoms with Gasteiger partial charge in [0.2, 0.25) is 5.58 Å². The molecule has 2 N–H and O–H groups in total. The van der Waals surface area contributed by atoms with Crippen LogP contribution in [0, 0.1) is 0 Å². The number of hydrogen-bond acceptors (Lipinski definition) is 7. The van der Waals surface area contributed by atoms with Crippen LogP contribution in [-0.2, 0) is 26.1 Å². The third kappa shape index (κ3) is 5.97. The van der Waals surface area contributed by atoms with Gasteiger partial charge in [-0.15, -0.1) is 4.57 Å². The van der Waals surface area contributed by atoms with Crippen molar-refractivity contribution in [3.8, 4) is 5.69 Å². The average Bonchev–Trinajstić information content (AvgIpc) is 3.76. The van der Waals surface area contributed by atoms with Crippen molar-refractivity contribution >= 4 is 87.3 Å². The molecule has 0 spiro atoms. The molecule has 0 fully saturated rings. The number of fused-ring (bicyclic) bond motifs is 7. The Morgan fingerprint density at radius 1 is 0.840 bits per heavy atom. The van der Waals surface area contributed by atoms with Crippen LogP contribution in [0.1, 0.15) is 19.2 Å². The fraction of sp³-hybridized carbons (Fsp3) is 0.108. The predicted molar refractivity (Wildman–Crippen MR) is 197 cm³/mol. The molecular weight excluding hydrogens is 695 g/mol. The van der Waals surface area contributed by atoms with Gasteiger partial charge in [-0.3, -0.25) is 9.11 Å². The fourth-order valence-corrected chi connectivity index (χ4v) is 9.03. The maximum absolute atomic E-state index is 12.4. The van der Waals surface area contributed by atoms with E-state index in [1.54, 1.807) is 17.0 Å². The minimum atomic E-state index is -4.48. The van der Waals surface area contributed by atoms with Gasteiger partial charge in [0.15, 0.2) is 5.88 Å². The van der Waals surface area contributed by atoms with Crippen molar-refractivity contribution in [3.05, 3.63) is 126 Å². The molecule has 7 aromatic rings. The van der Waals surface area contributed by atoms with Gasteiger partial charge in [0.05, 0.1) is 28.0 Å². The summed E-state index contributed by atoms with van der Waals surface area (Å²) in [5.74, 6) is -1.23. The highest BCUT2D eigenvalue weighted by molar-refractivity contribution is 8.03. The number of thioether (sulfide) groups is 1. The van der Waals surface area contributed by atoms with E-state index in [2.05, 4.69) is 0 Å². The zero-order valence-corrected chi connectivity index (χ0v) is 29.0. The number of oxazole rings is 1. The summed E-state index contributed by atoms with van der Waals surface area (Å²) in [6, 6.07) is 31.2. The molecule has 5 aromatic carbocycles. The van der Waals surface area contributed by atoms with Gasteiger partial charge in [-0.25, -0.2) is 0 Å². The van der Waals surface area contributed by atoms with Gasteiger partial charge in [-0.05, 0) is 69.9 Å². The second-order valence-corrected chi connectivity index (χ2v) is 16.0. The number of rotatable bonds is 8. The van der Waals surface area contributed by atoms with Crippen molar-refractivity contribution in [1.29, 1.82) is 0 Å². The smallest absolute Gasteiger partial charge is 0.375 e. The van der Waals surface area contributed by atoms with Gasteiger partial charge >= 0.3 is 16.0 Å². The highest BCUT2D eigenvalue weighted by Crippen LogP contribution is 2.51. The molecule has 0 amide bonds. The zero-order valence-electron chi connectivity index (χ0n) is 26.6. The van der Waals surface area contributed by atoms with E-state index in [-0.39, 0.29) is 5.89 Å². The molecule has 252 valence electrons. The lowest BCUT2D eigenvalue weighted by atomic mass is 10.0. The quantitative estimate of drug-likeness (QED) is 0.0911. The highest BCUT2D eigenvalue weighted by atomic mass is 32.2. The molecule has 3 heterocycles. The van der Waals surface area contributed by atoms with Gasteiger partial charge < -0.3 is 13.9 Å². The van der Waals surface area contributed by atoms with Crippen LogP contribution in [0.3, 0.4) is 0 Å². The van der Waals surface area contributed by atoms with Gasteiger partial charge in [0, 0.05) is 22.5 Å². The first kappa shape index (κ1) is 32.3. The van der Waals surface area contributed by atoms with Crippen molar-refractivity contribution in [1.82, 2.24) is 4.57 Å². The minimum Gasteiger partial charge on any atom is -0.398 e. The van der Waals surface area contributed by atoms with Crippen LogP contribution in [-0.4, -0.2) is 36.4 Å². The molecule has 0 saturated carbocycles. The number of allylic oxidation sites excluding steroid dienone is 2. The molecule has 8 rings (SSSR count). The molecule has 2 aromatic heterocycles. The topological polar surface area (TPSA) is 134 Å². The summed E-state index contributed by atoms with van der Waals surface area (Å²) in [5, 5.41) is 5.49. The Balaban J connectivity index is 1.25. The highest BCUT2D eigenvalue weighted by Gasteiger charge is 2.32. The van der Waals surface area contributed by atoms with Gasteiger partial charge in [0.1, 0.15) is 0 Å². The van der Waals surface area contributed by atoms with Crippen molar-refractivity contribution in [2.75, 3.05) is 10.8 Å². The Bertz CT molecular complexity index is 2800. The molecule has 13 heteroatoms. The SMILES string of the molecule is CCC(/C=C1\Sc2ccc3c(ccc4ccccc43)c2N1CS(=O)(=O)O)=C\c1oc2ccc(-n3ccc4ccccc43)cc2[n+]1CS(=O)(=O)O. The maximum atomic E-state index is 12.4. The number of nitrogens with zero attached hydrogens (tertiary/aromatic N) is 3. The monoisotopic (exact) mass is 724 g/mol.